The van der Waals surface area contributed by atoms with Gasteiger partial charge in [-0.2, -0.15) is 0 Å². The maximum atomic E-state index is 4.47. The predicted octanol–water partition coefficient (Wildman–Crippen LogP) is 3.28. The second-order valence-electron chi connectivity index (χ2n) is 3.90. The first-order valence-electron chi connectivity index (χ1n) is 5.22. The number of aryl methyl sites for hydroxylation is 2. The highest BCUT2D eigenvalue weighted by Crippen LogP contribution is 2.12. The van der Waals surface area contributed by atoms with E-state index in [1.54, 1.807) is 0 Å². The molecule has 3 heteroatoms. The molecule has 0 aliphatic heterocycles. The lowest BCUT2D eigenvalue weighted by Crippen LogP contribution is -2.03. The molecule has 1 heterocycles. The van der Waals surface area contributed by atoms with Gasteiger partial charge in [0.1, 0.15) is 5.82 Å². The molecular weight excluding hydrogens is 220 g/mol. The molecule has 0 aliphatic rings. The molecule has 2 aromatic rings. The second-order valence-corrected chi connectivity index (χ2v) is 3.90. The zero-order valence-electron chi connectivity index (χ0n) is 9.90. The maximum Gasteiger partial charge on any atom is 0.106 e. The van der Waals surface area contributed by atoms with Gasteiger partial charge in [0.25, 0.3) is 0 Å². The topological polar surface area (TPSA) is 17.8 Å². The maximum absolute atomic E-state index is 4.47. The van der Waals surface area contributed by atoms with Crippen molar-refractivity contribution in [2.24, 2.45) is 0 Å². The Morgan fingerprint density at radius 3 is 2.19 bits per heavy atom. The number of halogens is 1. The standard InChI is InChI=1S/C13H16N2.ClH/c1-10-11(2)15(12(3)14-10)9-13-7-5-4-6-8-13;/h4-8H,9H2,1-3H3;1H. The van der Waals surface area contributed by atoms with Gasteiger partial charge in [0.15, 0.2) is 0 Å². The summed E-state index contributed by atoms with van der Waals surface area (Å²) in [6.07, 6.45) is 0. The Balaban J connectivity index is 0.00000128. The van der Waals surface area contributed by atoms with Crippen LogP contribution in [0.4, 0.5) is 0 Å². The highest BCUT2D eigenvalue weighted by molar-refractivity contribution is 5.85. The van der Waals surface area contributed by atoms with Crippen molar-refractivity contribution < 1.29 is 0 Å². The minimum Gasteiger partial charge on any atom is -0.328 e. The fraction of sp³-hybridized carbons (Fsp3) is 0.308. The van der Waals surface area contributed by atoms with Crippen molar-refractivity contribution in [1.82, 2.24) is 9.55 Å². The van der Waals surface area contributed by atoms with E-state index >= 15 is 0 Å². The molecule has 1 aromatic carbocycles. The number of hydrogen-bond acceptors (Lipinski definition) is 1. The summed E-state index contributed by atoms with van der Waals surface area (Å²) in [4.78, 5) is 4.47. The summed E-state index contributed by atoms with van der Waals surface area (Å²) in [5.41, 5.74) is 3.71. The van der Waals surface area contributed by atoms with Crippen LogP contribution in [0.2, 0.25) is 0 Å². The number of hydrogen-bond donors (Lipinski definition) is 0. The summed E-state index contributed by atoms with van der Waals surface area (Å²) < 4.78 is 2.25. The van der Waals surface area contributed by atoms with E-state index in [0.717, 1.165) is 18.1 Å². The summed E-state index contributed by atoms with van der Waals surface area (Å²) >= 11 is 0. The lowest BCUT2D eigenvalue weighted by atomic mass is 10.2. The van der Waals surface area contributed by atoms with Crippen LogP contribution in [-0.4, -0.2) is 9.55 Å². The fourth-order valence-corrected chi connectivity index (χ4v) is 1.82. The van der Waals surface area contributed by atoms with Gasteiger partial charge >= 0.3 is 0 Å². The first-order chi connectivity index (χ1) is 7.18. The molecular formula is C13H17ClN2. The SMILES string of the molecule is Cc1nc(C)n(Cc2ccccc2)c1C.Cl. The average molecular weight is 237 g/mol. The smallest absolute Gasteiger partial charge is 0.106 e. The Morgan fingerprint density at radius 2 is 1.69 bits per heavy atom. The summed E-state index contributed by atoms with van der Waals surface area (Å²) in [7, 11) is 0. The van der Waals surface area contributed by atoms with Gasteiger partial charge in [0, 0.05) is 12.2 Å². The monoisotopic (exact) mass is 236 g/mol. The van der Waals surface area contributed by atoms with Crippen molar-refractivity contribution >= 4 is 12.4 Å². The van der Waals surface area contributed by atoms with Crippen LogP contribution in [0.5, 0.6) is 0 Å². The average Bonchev–Trinajstić information content (AvgIpc) is 2.47. The molecule has 0 aliphatic carbocycles. The zero-order valence-corrected chi connectivity index (χ0v) is 10.7. The van der Waals surface area contributed by atoms with E-state index in [-0.39, 0.29) is 12.4 Å². The van der Waals surface area contributed by atoms with E-state index in [1.165, 1.54) is 11.3 Å². The minimum absolute atomic E-state index is 0. The largest absolute Gasteiger partial charge is 0.328 e. The Morgan fingerprint density at radius 1 is 1.06 bits per heavy atom. The minimum atomic E-state index is 0. The zero-order chi connectivity index (χ0) is 10.8. The molecule has 86 valence electrons. The predicted molar refractivity (Wildman–Crippen MR) is 69.2 cm³/mol. The first kappa shape index (κ1) is 12.8. The van der Waals surface area contributed by atoms with E-state index in [0.29, 0.717) is 0 Å². The third-order valence-electron chi connectivity index (χ3n) is 2.83. The Bertz CT molecular complexity index is 460. The second kappa shape index (κ2) is 5.17. The molecule has 0 N–H and O–H groups in total. The summed E-state index contributed by atoms with van der Waals surface area (Å²) in [5.74, 6) is 1.09. The molecule has 0 radical (unpaired) electrons. The molecule has 0 amide bonds. The van der Waals surface area contributed by atoms with Crippen molar-refractivity contribution in [3.63, 3.8) is 0 Å². The summed E-state index contributed by atoms with van der Waals surface area (Å²) in [5, 5.41) is 0. The van der Waals surface area contributed by atoms with Crippen LogP contribution in [0.3, 0.4) is 0 Å². The van der Waals surface area contributed by atoms with Crippen LogP contribution in [0.1, 0.15) is 22.8 Å². The van der Waals surface area contributed by atoms with E-state index in [4.69, 9.17) is 0 Å². The van der Waals surface area contributed by atoms with Crippen LogP contribution in [0.25, 0.3) is 0 Å². The molecule has 0 unspecified atom stereocenters. The van der Waals surface area contributed by atoms with E-state index < -0.39 is 0 Å². The van der Waals surface area contributed by atoms with Crippen LogP contribution >= 0.6 is 12.4 Å². The molecule has 0 spiro atoms. The van der Waals surface area contributed by atoms with Gasteiger partial charge in [0.2, 0.25) is 0 Å². The molecule has 0 saturated heterocycles. The van der Waals surface area contributed by atoms with Gasteiger partial charge < -0.3 is 4.57 Å². The molecule has 16 heavy (non-hydrogen) atoms. The van der Waals surface area contributed by atoms with Crippen LogP contribution in [0.15, 0.2) is 30.3 Å². The van der Waals surface area contributed by atoms with Crippen molar-refractivity contribution in [2.45, 2.75) is 27.3 Å². The number of rotatable bonds is 2. The fourth-order valence-electron chi connectivity index (χ4n) is 1.82. The van der Waals surface area contributed by atoms with Gasteiger partial charge in [-0.15, -0.1) is 12.4 Å². The number of imidazole rings is 1. The molecule has 0 bridgehead atoms. The lowest BCUT2D eigenvalue weighted by Gasteiger charge is -2.07. The Hall–Kier alpha value is -1.28. The molecule has 2 nitrogen and oxygen atoms in total. The van der Waals surface area contributed by atoms with Crippen molar-refractivity contribution in [3.05, 3.63) is 53.1 Å². The first-order valence-corrected chi connectivity index (χ1v) is 5.22. The summed E-state index contributed by atoms with van der Waals surface area (Å²) in [6.45, 7) is 7.16. The Labute approximate surface area is 103 Å². The Kier molecular flexibility index (Phi) is 4.13. The molecule has 1 aromatic heterocycles. The highest BCUT2D eigenvalue weighted by atomic mass is 35.5. The molecule has 0 saturated carbocycles. The molecule has 0 fully saturated rings. The quantitative estimate of drug-likeness (QED) is 0.783. The normalized spacial score (nSPS) is 9.94. The molecule has 2 rings (SSSR count). The van der Waals surface area contributed by atoms with Crippen LogP contribution < -0.4 is 0 Å². The van der Waals surface area contributed by atoms with Gasteiger partial charge in [-0.1, -0.05) is 30.3 Å². The van der Waals surface area contributed by atoms with E-state index in [9.17, 15) is 0 Å². The van der Waals surface area contributed by atoms with Crippen molar-refractivity contribution in [2.75, 3.05) is 0 Å². The van der Waals surface area contributed by atoms with Gasteiger partial charge in [-0.25, -0.2) is 4.98 Å². The van der Waals surface area contributed by atoms with Gasteiger partial charge in [-0.3, -0.25) is 0 Å². The van der Waals surface area contributed by atoms with Crippen LogP contribution in [-0.2, 0) is 6.54 Å². The third kappa shape index (κ3) is 2.45. The van der Waals surface area contributed by atoms with Crippen molar-refractivity contribution in [3.8, 4) is 0 Å². The highest BCUT2D eigenvalue weighted by Gasteiger charge is 2.06. The molecule has 0 atom stereocenters. The van der Waals surface area contributed by atoms with Crippen molar-refractivity contribution in [1.29, 1.82) is 0 Å². The summed E-state index contributed by atoms with van der Waals surface area (Å²) in [6, 6.07) is 10.5. The number of nitrogens with zero attached hydrogens (tertiary/aromatic N) is 2. The van der Waals surface area contributed by atoms with Gasteiger partial charge in [-0.05, 0) is 26.3 Å². The number of aromatic nitrogens is 2. The van der Waals surface area contributed by atoms with Crippen LogP contribution in [0, 0.1) is 20.8 Å². The van der Waals surface area contributed by atoms with E-state index in [1.807, 2.05) is 6.07 Å². The lowest BCUT2D eigenvalue weighted by molar-refractivity contribution is 0.738. The van der Waals surface area contributed by atoms with E-state index in [2.05, 4.69) is 54.6 Å². The third-order valence-corrected chi connectivity index (χ3v) is 2.83. The van der Waals surface area contributed by atoms with Gasteiger partial charge in [0.05, 0.1) is 5.69 Å². The number of benzene rings is 1.